The molecule has 0 bridgehead atoms. The van der Waals surface area contributed by atoms with E-state index in [1.807, 2.05) is 24.3 Å². The summed E-state index contributed by atoms with van der Waals surface area (Å²) in [5, 5.41) is 9.84. The van der Waals surface area contributed by atoms with Crippen molar-refractivity contribution in [1.82, 2.24) is 4.57 Å². The Bertz CT molecular complexity index is 738. The van der Waals surface area contributed by atoms with Gasteiger partial charge in [-0.15, -0.1) is 0 Å². The van der Waals surface area contributed by atoms with Gasteiger partial charge in [0.15, 0.2) is 5.76 Å². The summed E-state index contributed by atoms with van der Waals surface area (Å²) in [5.41, 5.74) is 2.82. The van der Waals surface area contributed by atoms with Gasteiger partial charge in [0.2, 0.25) is 5.88 Å². The highest BCUT2D eigenvalue weighted by atomic mass is 32.1. The van der Waals surface area contributed by atoms with Crippen molar-refractivity contribution in [3.63, 3.8) is 0 Å². The minimum absolute atomic E-state index is 0.0188. The molecule has 0 aliphatic carbocycles. The topological polar surface area (TPSA) is 50.7 Å². The fourth-order valence-corrected chi connectivity index (χ4v) is 2.03. The first-order valence-corrected chi connectivity index (χ1v) is 5.81. The molecule has 0 saturated carbocycles. The molecule has 1 aliphatic heterocycles. The first-order valence-electron chi connectivity index (χ1n) is 5.41. The average Bonchev–Trinajstić information content (AvgIpc) is 2.89. The summed E-state index contributed by atoms with van der Waals surface area (Å²) in [4.78, 5) is 4.52. The molecule has 1 N–H and O–H groups in total. The number of para-hydroxylation sites is 1. The highest BCUT2D eigenvalue weighted by Gasteiger charge is 2.14. The molecule has 18 heavy (non-hydrogen) atoms. The first-order chi connectivity index (χ1) is 8.66. The lowest BCUT2D eigenvalue weighted by Crippen LogP contribution is -1.85. The second-order valence-corrected chi connectivity index (χ2v) is 4.34. The summed E-state index contributed by atoms with van der Waals surface area (Å²) in [5.74, 6) is 0.367. The number of rotatable bonds is 1. The number of fused-ring (bicyclic) bond motifs is 1. The van der Waals surface area contributed by atoms with E-state index < -0.39 is 0 Å². The van der Waals surface area contributed by atoms with E-state index in [-0.39, 0.29) is 10.7 Å². The van der Waals surface area contributed by atoms with Gasteiger partial charge in [0, 0.05) is 24.4 Å². The van der Waals surface area contributed by atoms with Crippen molar-refractivity contribution in [2.24, 2.45) is 12.0 Å². The van der Waals surface area contributed by atoms with Crippen LogP contribution in [0.4, 0.5) is 5.69 Å². The van der Waals surface area contributed by atoms with Crippen molar-refractivity contribution in [3.8, 4) is 5.88 Å². The van der Waals surface area contributed by atoms with Gasteiger partial charge in [0.25, 0.3) is 4.84 Å². The van der Waals surface area contributed by atoms with Gasteiger partial charge in [-0.2, -0.15) is 0 Å². The quantitative estimate of drug-likeness (QED) is 0.798. The summed E-state index contributed by atoms with van der Waals surface area (Å²) in [6, 6.07) is 7.79. The largest absolute Gasteiger partial charge is 0.492 e. The van der Waals surface area contributed by atoms with E-state index in [1.165, 1.54) is 4.57 Å². The van der Waals surface area contributed by atoms with Gasteiger partial charge in [-0.25, -0.2) is 0 Å². The zero-order valence-corrected chi connectivity index (χ0v) is 10.4. The fourth-order valence-electron chi connectivity index (χ4n) is 1.85. The van der Waals surface area contributed by atoms with Crippen LogP contribution in [0.25, 0.3) is 11.6 Å². The average molecular weight is 258 g/mol. The first kappa shape index (κ1) is 11.0. The molecule has 5 heteroatoms. The summed E-state index contributed by atoms with van der Waals surface area (Å²) in [7, 11) is 1.65. The molecule has 2 aromatic rings. The second-order valence-electron chi connectivity index (χ2n) is 3.99. The van der Waals surface area contributed by atoms with Crippen LogP contribution in [-0.4, -0.2) is 15.9 Å². The van der Waals surface area contributed by atoms with Crippen LogP contribution in [0.3, 0.4) is 0 Å². The lowest BCUT2D eigenvalue weighted by atomic mass is 10.1. The molecule has 90 valence electrons. The number of aromatic hydroxyl groups is 1. The third-order valence-corrected chi connectivity index (χ3v) is 3.21. The van der Waals surface area contributed by atoms with E-state index in [4.69, 9.17) is 16.6 Å². The molecule has 0 spiro atoms. The Morgan fingerprint density at radius 2 is 2.17 bits per heavy atom. The number of aromatic nitrogens is 1. The van der Waals surface area contributed by atoms with Gasteiger partial charge in [0.1, 0.15) is 0 Å². The second kappa shape index (κ2) is 3.96. The number of hydrogen-bond acceptors (Lipinski definition) is 4. The highest BCUT2D eigenvalue weighted by molar-refractivity contribution is 7.71. The highest BCUT2D eigenvalue weighted by Crippen LogP contribution is 2.33. The van der Waals surface area contributed by atoms with E-state index >= 15 is 0 Å². The number of nitrogens with zero attached hydrogens (tertiary/aromatic N) is 2. The van der Waals surface area contributed by atoms with Crippen LogP contribution in [0.1, 0.15) is 11.3 Å². The molecular formula is C13H10N2O2S. The van der Waals surface area contributed by atoms with E-state index in [9.17, 15) is 5.11 Å². The third kappa shape index (κ3) is 1.60. The smallest absolute Gasteiger partial charge is 0.271 e. The number of allylic oxidation sites excluding steroid dienone is 1. The Balaban J connectivity index is 2.12. The fraction of sp³-hybridized carbons (Fsp3) is 0.0769. The summed E-state index contributed by atoms with van der Waals surface area (Å²) in [6.45, 7) is 0. The normalized spacial score (nSPS) is 15.3. The maximum atomic E-state index is 9.84. The Morgan fingerprint density at radius 1 is 1.39 bits per heavy atom. The van der Waals surface area contributed by atoms with Crippen molar-refractivity contribution in [2.45, 2.75) is 0 Å². The minimum Gasteiger partial charge on any atom is -0.492 e. The van der Waals surface area contributed by atoms with Crippen LogP contribution < -0.4 is 0 Å². The molecule has 0 fully saturated rings. The summed E-state index contributed by atoms with van der Waals surface area (Å²) >= 11 is 4.95. The molecule has 0 saturated heterocycles. The van der Waals surface area contributed by atoms with Crippen LogP contribution in [0, 0.1) is 4.84 Å². The van der Waals surface area contributed by atoms with Gasteiger partial charge >= 0.3 is 0 Å². The van der Waals surface area contributed by atoms with Crippen LogP contribution in [-0.2, 0) is 7.05 Å². The molecule has 1 aromatic carbocycles. The SMILES string of the molecule is Cn1c(O)c(C=C2C=Nc3ccccc32)oc1=S. The maximum Gasteiger partial charge on any atom is 0.271 e. The maximum absolute atomic E-state index is 9.84. The Labute approximate surface area is 109 Å². The number of oxazole rings is 1. The molecule has 1 aliphatic rings. The third-order valence-electron chi connectivity index (χ3n) is 2.85. The van der Waals surface area contributed by atoms with Crippen molar-refractivity contribution >= 4 is 35.8 Å². The number of aliphatic imine (C=N–C) groups is 1. The number of benzene rings is 1. The van der Waals surface area contributed by atoms with Crippen LogP contribution in [0.5, 0.6) is 5.88 Å². The summed E-state index contributed by atoms with van der Waals surface area (Å²) in [6.07, 6.45) is 3.48. The summed E-state index contributed by atoms with van der Waals surface area (Å²) < 4.78 is 6.73. The lowest BCUT2D eigenvalue weighted by Gasteiger charge is -1.97. The minimum atomic E-state index is 0.0188. The predicted octanol–water partition coefficient (Wildman–Crippen LogP) is 3.31. The van der Waals surface area contributed by atoms with Gasteiger partial charge in [-0.05, 0) is 24.4 Å². The predicted molar refractivity (Wildman–Crippen MR) is 72.6 cm³/mol. The van der Waals surface area contributed by atoms with E-state index in [0.717, 1.165) is 16.8 Å². The van der Waals surface area contributed by atoms with Crippen LogP contribution >= 0.6 is 12.2 Å². The zero-order chi connectivity index (χ0) is 12.7. The lowest BCUT2D eigenvalue weighted by molar-refractivity contribution is 0.428. The molecule has 2 heterocycles. The number of hydrogen-bond donors (Lipinski definition) is 1. The van der Waals surface area contributed by atoms with Gasteiger partial charge in [-0.3, -0.25) is 9.56 Å². The Morgan fingerprint density at radius 3 is 2.89 bits per heavy atom. The molecule has 0 unspecified atom stereocenters. The zero-order valence-electron chi connectivity index (χ0n) is 9.62. The van der Waals surface area contributed by atoms with E-state index in [2.05, 4.69) is 4.99 Å². The van der Waals surface area contributed by atoms with Gasteiger partial charge in [-0.1, -0.05) is 18.2 Å². The molecule has 0 radical (unpaired) electrons. The van der Waals surface area contributed by atoms with Gasteiger partial charge in [0.05, 0.1) is 5.69 Å². The van der Waals surface area contributed by atoms with Crippen molar-refractivity contribution in [1.29, 1.82) is 0 Å². The molecule has 0 amide bonds. The van der Waals surface area contributed by atoms with E-state index in [1.54, 1.807) is 19.3 Å². The molecule has 3 rings (SSSR count). The Kier molecular flexibility index (Phi) is 2.41. The van der Waals surface area contributed by atoms with E-state index in [0.29, 0.717) is 5.76 Å². The standard InChI is InChI=1S/C13H10N2O2S/c1-15-12(16)11(17-13(15)18)6-8-7-14-10-5-3-2-4-9(8)10/h2-7,16H,1H3. The molecule has 0 atom stereocenters. The molecular weight excluding hydrogens is 248 g/mol. The van der Waals surface area contributed by atoms with Crippen molar-refractivity contribution in [2.75, 3.05) is 0 Å². The van der Waals surface area contributed by atoms with Gasteiger partial charge < -0.3 is 9.52 Å². The van der Waals surface area contributed by atoms with Crippen molar-refractivity contribution < 1.29 is 9.52 Å². The van der Waals surface area contributed by atoms with Crippen LogP contribution in [0.15, 0.2) is 33.7 Å². The monoisotopic (exact) mass is 258 g/mol. The molecule has 4 nitrogen and oxygen atoms in total. The Hall–Kier alpha value is -2.14. The van der Waals surface area contributed by atoms with Crippen molar-refractivity contribution in [3.05, 3.63) is 40.4 Å². The molecule has 1 aromatic heterocycles. The van der Waals surface area contributed by atoms with Crippen LogP contribution in [0.2, 0.25) is 0 Å².